The second-order valence-electron chi connectivity index (χ2n) is 6.31. The molecule has 1 aromatic heterocycles. The summed E-state index contributed by atoms with van der Waals surface area (Å²) < 4.78 is 0. The SMILES string of the molecule is CC[C@H](C)NC(=O)NCc1ccc2[nH]c3c(c2c1)CCCC3. The molecule has 3 N–H and O–H groups in total. The highest BCUT2D eigenvalue weighted by atomic mass is 16.2. The average molecular weight is 299 g/mol. The standard InChI is InChI=1S/C18H25N3O/c1-3-12(2)20-18(22)19-11-13-8-9-17-15(10-13)14-6-4-5-7-16(14)21-17/h8-10,12,21H,3-7,11H2,1-2H3,(H2,19,20,22)/t12-/m0/s1. The summed E-state index contributed by atoms with van der Waals surface area (Å²) in [5.74, 6) is 0. The highest BCUT2D eigenvalue weighted by molar-refractivity contribution is 5.85. The molecule has 4 nitrogen and oxygen atoms in total. The van der Waals surface area contributed by atoms with Gasteiger partial charge < -0.3 is 15.6 Å². The molecule has 1 atom stereocenters. The minimum atomic E-state index is -0.0921. The second kappa shape index (κ2) is 6.42. The van der Waals surface area contributed by atoms with E-state index in [1.54, 1.807) is 0 Å². The van der Waals surface area contributed by atoms with E-state index in [0.29, 0.717) is 6.54 Å². The van der Waals surface area contributed by atoms with E-state index in [2.05, 4.69) is 40.7 Å². The van der Waals surface area contributed by atoms with Crippen molar-refractivity contribution in [1.29, 1.82) is 0 Å². The first-order valence-electron chi connectivity index (χ1n) is 8.34. The first-order chi connectivity index (χ1) is 10.7. The van der Waals surface area contributed by atoms with Gasteiger partial charge in [0.15, 0.2) is 0 Å². The Morgan fingerprint density at radius 3 is 2.95 bits per heavy atom. The Bertz CT molecular complexity index is 674. The van der Waals surface area contributed by atoms with E-state index >= 15 is 0 Å². The molecule has 1 aliphatic rings. The molecule has 3 rings (SSSR count). The molecule has 0 aliphatic heterocycles. The van der Waals surface area contributed by atoms with Crippen molar-refractivity contribution in [2.24, 2.45) is 0 Å². The third-order valence-electron chi connectivity index (χ3n) is 4.61. The molecule has 118 valence electrons. The first-order valence-corrected chi connectivity index (χ1v) is 8.34. The number of aryl methyl sites for hydroxylation is 2. The van der Waals surface area contributed by atoms with E-state index in [1.807, 2.05) is 6.92 Å². The molecule has 2 aromatic rings. The van der Waals surface area contributed by atoms with Crippen LogP contribution in [0.3, 0.4) is 0 Å². The molecule has 1 aliphatic carbocycles. The summed E-state index contributed by atoms with van der Waals surface area (Å²) in [6.07, 6.45) is 5.83. The number of carbonyl (C=O) groups is 1. The van der Waals surface area contributed by atoms with E-state index in [4.69, 9.17) is 0 Å². The maximum absolute atomic E-state index is 11.8. The molecular formula is C18H25N3O. The average Bonchev–Trinajstić information content (AvgIpc) is 2.90. The van der Waals surface area contributed by atoms with Crippen LogP contribution in [0.25, 0.3) is 10.9 Å². The van der Waals surface area contributed by atoms with Crippen LogP contribution in [-0.2, 0) is 19.4 Å². The minimum Gasteiger partial charge on any atom is -0.358 e. The zero-order valence-electron chi connectivity index (χ0n) is 13.5. The lowest BCUT2D eigenvalue weighted by Crippen LogP contribution is -2.40. The predicted octanol–water partition coefficient (Wildman–Crippen LogP) is 3.64. The van der Waals surface area contributed by atoms with E-state index in [0.717, 1.165) is 18.4 Å². The Morgan fingerprint density at radius 2 is 2.14 bits per heavy atom. The molecule has 0 bridgehead atoms. The lowest BCUT2D eigenvalue weighted by atomic mass is 9.95. The van der Waals surface area contributed by atoms with Crippen LogP contribution >= 0.6 is 0 Å². The van der Waals surface area contributed by atoms with E-state index in [9.17, 15) is 4.79 Å². The van der Waals surface area contributed by atoms with E-state index in [-0.39, 0.29) is 12.1 Å². The summed E-state index contributed by atoms with van der Waals surface area (Å²) in [6, 6.07) is 6.56. The van der Waals surface area contributed by atoms with Gasteiger partial charge in [0.1, 0.15) is 0 Å². The van der Waals surface area contributed by atoms with Crippen molar-refractivity contribution in [3.05, 3.63) is 35.0 Å². The molecule has 0 fully saturated rings. The number of aromatic amines is 1. The number of aromatic nitrogens is 1. The zero-order chi connectivity index (χ0) is 15.5. The van der Waals surface area contributed by atoms with Gasteiger partial charge in [0, 0.05) is 29.2 Å². The van der Waals surface area contributed by atoms with Crippen LogP contribution in [0.15, 0.2) is 18.2 Å². The Labute approximate surface area is 131 Å². The molecular weight excluding hydrogens is 274 g/mol. The number of fused-ring (bicyclic) bond motifs is 3. The zero-order valence-corrected chi connectivity index (χ0v) is 13.5. The van der Waals surface area contributed by atoms with Gasteiger partial charge in [-0.2, -0.15) is 0 Å². The lowest BCUT2D eigenvalue weighted by Gasteiger charge is -2.13. The van der Waals surface area contributed by atoms with E-state index in [1.165, 1.54) is 41.4 Å². The van der Waals surface area contributed by atoms with Crippen molar-refractivity contribution in [2.75, 3.05) is 0 Å². The van der Waals surface area contributed by atoms with Gasteiger partial charge in [-0.25, -0.2) is 4.79 Å². The Balaban J connectivity index is 1.71. The molecule has 0 saturated carbocycles. The molecule has 4 heteroatoms. The fourth-order valence-electron chi connectivity index (χ4n) is 3.12. The molecule has 22 heavy (non-hydrogen) atoms. The number of hydrogen-bond acceptors (Lipinski definition) is 1. The molecule has 1 heterocycles. The normalized spacial score (nSPS) is 15.4. The van der Waals surface area contributed by atoms with Gasteiger partial charge in [-0.15, -0.1) is 0 Å². The minimum absolute atomic E-state index is 0.0921. The van der Waals surface area contributed by atoms with Crippen LogP contribution in [0.1, 0.15) is 49.9 Å². The maximum Gasteiger partial charge on any atom is 0.315 e. The molecule has 0 spiro atoms. The number of nitrogens with one attached hydrogen (secondary N) is 3. The van der Waals surface area contributed by atoms with Crippen molar-refractivity contribution >= 4 is 16.9 Å². The highest BCUT2D eigenvalue weighted by Gasteiger charge is 2.15. The first kappa shape index (κ1) is 14.9. The summed E-state index contributed by atoms with van der Waals surface area (Å²) in [5, 5.41) is 7.20. The fourth-order valence-corrected chi connectivity index (χ4v) is 3.12. The van der Waals surface area contributed by atoms with Crippen LogP contribution < -0.4 is 10.6 Å². The van der Waals surface area contributed by atoms with Crippen molar-refractivity contribution in [3.63, 3.8) is 0 Å². The third-order valence-corrected chi connectivity index (χ3v) is 4.61. The van der Waals surface area contributed by atoms with Crippen LogP contribution in [0.5, 0.6) is 0 Å². The molecule has 1 aromatic carbocycles. The number of rotatable bonds is 4. The second-order valence-corrected chi connectivity index (χ2v) is 6.31. The van der Waals surface area contributed by atoms with Crippen LogP contribution in [0.2, 0.25) is 0 Å². The molecule has 2 amide bonds. The predicted molar refractivity (Wildman–Crippen MR) is 90.1 cm³/mol. The number of benzene rings is 1. The van der Waals surface area contributed by atoms with Crippen molar-refractivity contribution < 1.29 is 4.79 Å². The number of carbonyl (C=O) groups excluding carboxylic acids is 1. The van der Waals surface area contributed by atoms with Gasteiger partial charge >= 0.3 is 6.03 Å². The third kappa shape index (κ3) is 3.11. The van der Waals surface area contributed by atoms with Crippen LogP contribution in [0.4, 0.5) is 4.79 Å². The van der Waals surface area contributed by atoms with Crippen molar-refractivity contribution in [1.82, 2.24) is 15.6 Å². The molecule has 0 saturated heterocycles. The van der Waals surface area contributed by atoms with Gasteiger partial charge in [0.05, 0.1) is 0 Å². The molecule has 0 unspecified atom stereocenters. The Morgan fingerprint density at radius 1 is 1.32 bits per heavy atom. The summed E-state index contributed by atoms with van der Waals surface area (Å²) in [6.45, 7) is 4.64. The summed E-state index contributed by atoms with van der Waals surface area (Å²) in [4.78, 5) is 15.3. The van der Waals surface area contributed by atoms with Gasteiger partial charge in [-0.05, 0) is 62.3 Å². The van der Waals surface area contributed by atoms with Crippen molar-refractivity contribution in [3.8, 4) is 0 Å². The lowest BCUT2D eigenvalue weighted by molar-refractivity contribution is 0.237. The number of hydrogen-bond donors (Lipinski definition) is 3. The monoisotopic (exact) mass is 299 g/mol. The summed E-state index contributed by atoms with van der Waals surface area (Å²) in [5.41, 5.74) is 5.26. The van der Waals surface area contributed by atoms with Crippen molar-refractivity contribution in [2.45, 2.75) is 58.5 Å². The Hall–Kier alpha value is -1.97. The topological polar surface area (TPSA) is 56.9 Å². The number of H-pyrrole nitrogens is 1. The maximum atomic E-state index is 11.8. The summed E-state index contributed by atoms with van der Waals surface area (Å²) >= 11 is 0. The molecule has 0 radical (unpaired) electrons. The fraction of sp³-hybridized carbons (Fsp3) is 0.500. The number of urea groups is 1. The summed E-state index contributed by atoms with van der Waals surface area (Å²) in [7, 11) is 0. The van der Waals surface area contributed by atoms with Gasteiger partial charge in [0.2, 0.25) is 0 Å². The largest absolute Gasteiger partial charge is 0.358 e. The van der Waals surface area contributed by atoms with Crippen LogP contribution in [-0.4, -0.2) is 17.1 Å². The van der Waals surface area contributed by atoms with Gasteiger partial charge in [0.25, 0.3) is 0 Å². The van der Waals surface area contributed by atoms with E-state index < -0.39 is 0 Å². The van der Waals surface area contributed by atoms with Crippen LogP contribution in [0, 0.1) is 0 Å². The quantitative estimate of drug-likeness (QED) is 0.793. The Kier molecular flexibility index (Phi) is 4.36. The van der Waals surface area contributed by atoms with Gasteiger partial charge in [-0.1, -0.05) is 13.0 Å². The number of amides is 2. The highest BCUT2D eigenvalue weighted by Crippen LogP contribution is 2.29. The van der Waals surface area contributed by atoms with Gasteiger partial charge in [-0.3, -0.25) is 0 Å². The smallest absolute Gasteiger partial charge is 0.315 e.